The van der Waals surface area contributed by atoms with E-state index in [1.807, 2.05) is 30.2 Å². The van der Waals surface area contributed by atoms with E-state index in [1.54, 1.807) is 0 Å². The number of aryl methyl sites for hydroxylation is 1. The van der Waals surface area contributed by atoms with Crippen LogP contribution in [0.3, 0.4) is 0 Å². The maximum atomic E-state index is 4.43. The Kier molecular flexibility index (Phi) is 3.38. The molecule has 0 amide bonds. The number of nitrogens with one attached hydrogen (secondary N) is 1. The Morgan fingerprint density at radius 2 is 2.21 bits per heavy atom. The Morgan fingerprint density at radius 3 is 3.05 bits per heavy atom. The fraction of sp³-hybridized carbons (Fsp3) is 0.571. The first-order chi connectivity index (χ1) is 9.25. The molecule has 1 atom stereocenters. The van der Waals surface area contributed by atoms with Gasteiger partial charge in [0.1, 0.15) is 5.52 Å². The fourth-order valence-electron chi connectivity index (χ4n) is 2.81. The van der Waals surface area contributed by atoms with Crippen LogP contribution in [0.5, 0.6) is 0 Å². The topological polar surface area (TPSA) is 46.0 Å². The average Bonchev–Trinajstić information content (AvgIpc) is 2.81. The smallest absolute Gasteiger partial charge is 0.154 e. The summed E-state index contributed by atoms with van der Waals surface area (Å²) in [5, 5.41) is 3.47. The van der Waals surface area contributed by atoms with Crippen LogP contribution in [0.2, 0.25) is 0 Å². The summed E-state index contributed by atoms with van der Waals surface area (Å²) in [5.74, 6) is 0.900. The van der Waals surface area contributed by atoms with Crippen molar-refractivity contribution in [2.24, 2.45) is 7.05 Å². The lowest BCUT2D eigenvalue weighted by Gasteiger charge is -2.32. The molecule has 3 rings (SSSR count). The van der Waals surface area contributed by atoms with E-state index in [0.717, 1.165) is 23.4 Å². The Labute approximate surface area is 113 Å². The van der Waals surface area contributed by atoms with Gasteiger partial charge >= 0.3 is 0 Å². The number of likely N-dealkylation sites (tertiary alicyclic amines) is 1. The van der Waals surface area contributed by atoms with Crippen LogP contribution < -0.4 is 5.32 Å². The molecule has 1 N–H and O–H groups in total. The van der Waals surface area contributed by atoms with E-state index in [0.29, 0.717) is 6.04 Å². The number of likely N-dealkylation sites (N-methyl/N-ethyl adjacent to an activating group) is 1. The van der Waals surface area contributed by atoms with E-state index < -0.39 is 0 Å². The molecule has 1 saturated heterocycles. The van der Waals surface area contributed by atoms with Gasteiger partial charge in [-0.25, -0.2) is 9.97 Å². The molecule has 0 aliphatic carbocycles. The molecule has 5 heteroatoms. The highest BCUT2D eigenvalue weighted by Gasteiger charge is 2.19. The van der Waals surface area contributed by atoms with Crippen molar-refractivity contribution in [3.05, 3.63) is 18.6 Å². The van der Waals surface area contributed by atoms with Crippen LogP contribution in [0.25, 0.3) is 11.0 Å². The van der Waals surface area contributed by atoms with E-state index >= 15 is 0 Å². The maximum Gasteiger partial charge on any atom is 0.154 e. The maximum absolute atomic E-state index is 4.43. The third-order valence-corrected chi connectivity index (χ3v) is 4.07. The van der Waals surface area contributed by atoms with Gasteiger partial charge in [-0.2, -0.15) is 0 Å². The molecule has 2 aromatic rings. The van der Waals surface area contributed by atoms with Gasteiger partial charge < -0.3 is 14.8 Å². The first-order valence-electron chi connectivity index (χ1n) is 6.96. The molecule has 1 unspecified atom stereocenters. The summed E-state index contributed by atoms with van der Waals surface area (Å²) in [7, 11) is 4.22. The number of pyridine rings is 1. The first-order valence-corrected chi connectivity index (χ1v) is 6.96. The van der Waals surface area contributed by atoms with Gasteiger partial charge in [0.05, 0.1) is 11.8 Å². The molecule has 0 spiro atoms. The summed E-state index contributed by atoms with van der Waals surface area (Å²) in [6.45, 7) is 2.15. The van der Waals surface area contributed by atoms with E-state index in [9.17, 15) is 0 Å². The highest BCUT2D eigenvalue weighted by molar-refractivity contribution is 5.85. The SMILES string of the molecule is CN1CCCCC1CNc1nccc2c1ncn2C. The Hall–Kier alpha value is -1.62. The molecular formula is C14H21N5. The normalized spacial score (nSPS) is 20.8. The Balaban J connectivity index is 1.74. The Bertz CT molecular complexity index is 562. The zero-order valence-electron chi connectivity index (χ0n) is 11.6. The molecule has 0 saturated carbocycles. The molecule has 1 fully saturated rings. The molecule has 0 bridgehead atoms. The number of imidazole rings is 1. The van der Waals surface area contributed by atoms with Gasteiger partial charge in [-0.3, -0.25) is 0 Å². The predicted molar refractivity (Wildman–Crippen MR) is 77.3 cm³/mol. The van der Waals surface area contributed by atoms with Crippen LogP contribution in [-0.2, 0) is 7.05 Å². The molecule has 2 aromatic heterocycles. The Morgan fingerprint density at radius 1 is 1.32 bits per heavy atom. The van der Waals surface area contributed by atoms with E-state index in [2.05, 4.69) is 27.2 Å². The van der Waals surface area contributed by atoms with Crippen LogP contribution in [0, 0.1) is 0 Å². The van der Waals surface area contributed by atoms with Crippen molar-refractivity contribution in [1.82, 2.24) is 19.4 Å². The molecule has 5 nitrogen and oxygen atoms in total. The number of rotatable bonds is 3. The molecule has 3 heterocycles. The van der Waals surface area contributed by atoms with Crippen LogP contribution in [0.15, 0.2) is 18.6 Å². The lowest BCUT2D eigenvalue weighted by Crippen LogP contribution is -2.40. The van der Waals surface area contributed by atoms with Gasteiger partial charge in [-0.1, -0.05) is 6.42 Å². The molecule has 1 aliphatic rings. The molecule has 19 heavy (non-hydrogen) atoms. The molecular weight excluding hydrogens is 238 g/mol. The van der Waals surface area contributed by atoms with Crippen molar-refractivity contribution in [3.8, 4) is 0 Å². The van der Waals surface area contributed by atoms with Crippen molar-refractivity contribution in [1.29, 1.82) is 0 Å². The van der Waals surface area contributed by atoms with Crippen molar-refractivity contribution in [2.75, 3.05) is 25.5 Å². The summed E-state index contributed by atoms with van der Waals surface area (Å²) in [5.41, 5.74) is 2.08. The predicted octanol–water partition coefficient (Wildman–Crippen LogP) is 1.86. The monoisotopic (exact) mass is 259 g/mol. The number of anilines is 1. The standard InChI is InChI=1S/C14H21N5/c1-18-8-4-3-5-11(18)9-16-14-13-12(6-7-15-14)19(2)10-17-13/h6-7,10-11H,3-5,8-9H2,1-2H3,(H,15,16). The first kappa shape index (κ1) is 12.4. The van der Waals surface area contributed by atoms with E-state index in [4.69, 9.17) is 0 Å². The van der Waals surface area contributed by atoms with Gasteiger partial charge in [0.2, 0.25) is 0 Å². The zero-order valence-corrected chi connectivity index (χ0v) is 11.6. The second-order valence-corrected chi connectivity index (χ2v) is 5.39. The quantitative estimate of drug-likeness (QED) is 0.914. The summed E-state index contributed by atoms with van der Waals surface area (Å²) in [6.07, 6.45) is 7.60. The summed E-state index contributed by atoms with van der Waals surface area (Å²) in [4.78, 5) is 11.3. The number of aromatic nitrogens is 3. The molecule has 102 valence electrons. The lowest BCUT2D eigenvalue weighted by atomic mass is 10.0. The van der Waals surface area contributed by atoms with Gasteiger partial charge in [-0.15, -0.1) is 0 Å². The summed E-state index contributed by atoms with van der Waals surface area (Å²) in [6, 6.07) is 2.61. The molecule has 0 radical (unpaired) electrons. The third kappa shape index (κ3) is 2.42. The number of hydrogen-bond donors (Lipinski definition) is 1. The third-order valence-electron chi connectivity index (χ3n) is 4.07. The number of nitrogens with zero attached hydrogens (tertiary/aromatic N) is 4. The number of piperidine rings is 1. The van der Waals surface area contributed by atoms with Crippen molar-refractivity contribution in [2.45, 2.75) is 25.3 Å². The molecule has 1 aliphatic heterocycles. The fourth-order valence-corrected chi connectivity index (χ4v) is 2.81. The minimum Gasteiger partial charge on any atom is -0.367 e. The second kappa shape index (κ2) is 5.17. The minimum atomic E-state index is 0.606. The lowest BCUT2D eigenvalue weighted by molar-refractivity contribution is 0.194. The molecule has 0 aromatic carbocycles. The second-order valence-electron chi connectivity index (χ2n) is 5.39. The average molecular weight is 259 g/mol. The van der Waals surface area contributed by atoms with E-state index in [1.165, 1.54) is 25.8 Å². The summed E-state index contributed by atoms with van der Waals surface area (Å²) >= 11 is 0. The number of fused-ring (bicyclic) bond motifs is 1. The van der Waals surface area contributed by atoms with Gasteiger partial charge in [0.25, 0.3) is 0 Å². The van der Waals surface area contributed by atoms with Gasteiger partial charge in [0, 0.05) is 25.8 Å². The number of hydrogen-bond acceptors (Lipinski definition) is 4. The van der Waals surface area contributed by atoms with Gasteiger partial charge in [0.15, 0.2) is 5.82 Å². The van der Waals surface area contributed by atoms with Crippen LogP contribution >= 0.6 is 0 Å². The van der Waals surface area contributed by atoms with Crippen LogP contribution in [0.4, 0.5) is 5.82 Å². The van der Waals surface area contributed by atoms with Crippen molar-refractivity contribution in [3.63, 3.8) is 0 Å². The highest BCUT2D eigenvalue weighted by Crippen LogP contribution is 2.20. The van der Waals surface area contributed by atoms with Crippen molar-refractivity contribution >= 4 is 16.9 Å². The minimum absolute atomic E-state index is 0.606. The zero-order chi connectivity index (χ0) is 13.2. The van der Waals surface area contributed by atoms with E-state index in [-0.39, 0.29) is 0 Å². The summed E-state index contributed by atoms with van der Waals surface area (Å²) < 4.78 is 2.02. The van der Waals surface area contributed by atoms with Gasteiger partial charge in [-0.05, 0) is 32.5 Å². The van der Waals surface area contributed by atoms with Crippen LogP contribution in [-0.4, -0.2) is 45.6 Å². The highest BCUT2D eigenvalue weighted by atomic mass is 15.2. The van der Waals surface area contributed by atoms with Crippen LogP contribution in [0.1, 0.15) is 19.3 Å². The van der Waals surface area contributed by atoms with Crippen molar-refractivity contribution < 1.29 is 0 Å². The largest absolute Gasteiger partial charge is 0.367 e.